The Balaban J connectivity index is 1.81. The highest BCUT2D eigenvalue weighted by molar-refractivity contribution is 8.00. The Labute approximate surface area is 130 Å². The molecule has 1 N–H and O–H groups in total. The third-order valence-electron chi connectivity index (χ3n) is 2.37. The summed E-state index contributed by atoms with van der Waals surface area (Å²) < 4.78 is 4.91. The highest BCUT2D eigenvalue weighted by Crippen LogP contribution is 2.27. The summed E-state index contributed by atoms with van der Waals surface area (Å²) in [4.78, 5) is 32.2. The SMILES string of the molecule is CC(C)NC(=O)COC(=O)CSc1ncnc2sccc12. The van der Waals surface area contributed by atoms with E-state index < -0.39 is 5.97 Å². The number of ether oxygens (including phenoxy) is 1. The van der Waals surface area contributed by atoms with Crippen molar-refractivity contribution in [3.63, 3.8) is 0 Å². The van der Waals surface area contributed by atoms with Gasteiger partial charge in [0.1, 0.15) is 16.2 Å². The molecule has 6 nitrogen and oxygen atoms in total. The lowest BCUT2D eigenvalue weighted by Crippen LogP contribution is -2.34. The van der Waals surface area contributed by atoms with Crippen molar-refractivity contribution in [1.82, 2.24) is 15.3 Å². The predicted molar refractivity (Wildman–Crippen MR) is 82.4 cm³/mol. The topological polar surface area (TPSA) is 81.2 Å². The molecule has 2 heterocycles. The zero-order chi connectivity index (χ0) is 15.2. The van der Waals surface area contributed by atoms with Gasteiger partial charge in [0.2, 0.25) is 0 Å². The first-order valence-electron chi connectivity index (χ1n) is 6.32. The van der Waals surface area contributed by atoms with Crippen molar-refractivity contribution in [2.24, 2.45) is 0 Å². The lowest BCUT2D eigenvalue weighted by atomic mass is 10.4. The summed E-state index contributed by atoms with van der Waals surface area (Å²) in [6.07, 6.45) is 1.47. The van der Waals surface area contributed by atoms with Crippen LogP contribution in [0, 0.1) is 0 Å². The first-order chi connectivity index (χ1) is 10.1. The monoisotopic (exact) mass is 325 g/mol. The van der Waals surface area contributed by atoms with E-state index in [4.69, 9.17) is 4.74 Å². The maximum atomic E-state index is 11.6. The Morgan fingerprint density at radius 2 is 2.24 bits per heavy atom. The van der Waals surface area contributed by atoms with Crippen LogP contribution < -0.4 is 5.32 Å². The van der Waals surface area contributed by atoms with Crippen LogP contribution in [-0.2, 0) is 14.3 Å². The van der Waals surface area contributed by atoms with Crippen molar-refractivity contribution in [3.8, 4) is 0 Å². The van der Waals surface area contributed by atoms with Crippen LogP contribution in [0.3, 0.4) is 0 Å². The average Bonchev–Trinajstić information content (AvgIpc) is 2.91. The summed E-state index contributed by atoms with van der Waals surface area (Å²) >= 11 is 2.80. The number of nitrogens with one attached hydrogen (secondary N) is 1. The highest BCUT2D eigenvalue weighted by Gasteiger charge is 2.11. The number of hydrogen-bond donors (Lipinski definition) is 1. The number of amides is 1. The van der Waals surface area contributed by atoms with E-state index in [1.54, 1.807) is 0 Å². The van der Waals surface area contributed by atoms with Crippen molar-refractivity contribution < 1.29 is 14.3 Å². The van der Waals surface area contributed by atoms with Crippen LogP contribution >= 0.6 is 23.1 Å². The van der Waals surface area contributed by atoms with Crippen LogP contribution in [0.25, 0.3) is 10.2 Å². The number of thioether (sulfide) groups is 1. The molecule has 0 fully saturated rings. The van der Waals surface area contributed by atoms with E-state index in [9.17, 15) is 9.59 Å². The lowest BCUT2D eigenvalue weighted by Gasteiger charge is -2.08. The second-order valence-corrected chi connectivity index (χ2v) is 6.35. The minimum Gasteiger partial charge on any atom is -0.455 e. The molecule has 112 valence electrons. The fourth-order valence-electron chi connectivity index (χ4n) is 1.56. The normalized spacial score (nSPS) is 10.8. The molecule has 0 unspecified atom stereocenters. The Morgan fingerprint density at radius 1 is 1.43 bits per heavy atom. The number of thiophene rings is 1. The summed E-state index contributed by atoms with van der Waals surface area (Å²) in [5.41, 5.74) is 0. The molecule has 0 aliphatic heterocycles. The lowest BCUT2D eigenvalue weighted by molar-refractivity contribution is -0.146. The van der Waals surface area contributed by atoms with Gasteiger partial charge >= 0.3 is 5.97 Å². The van der Waals surface area contributed by atoms with Crippen LogP contribution in [-0.4, -0.2) is 40.2 Å². The number of carbonyl (C=O) groups is 2. The smallest absolute Gasteiger partial charge is 0.316 e. The van der Waals surface area contributed by atoms with Crippen LogP contribution in [0.5, 0.6) is 0 Å². The van der Waals surface area contributed by atoms with Gasteiger partial charge in [-0.25, -0.2) is 9.97 Å². The van der Waals surface area contributed by atoms with Gasteiger partial charge < -0.3 is 10.1 Å². The fourth-order valence-corrected chi connectivity index (χ4v) is 3.14. The van der Waals surface area contributed by atoms with Crippen molar-refractivity contribution in [3.05, 3.63) is 17.8 Å². The minimum atomic E-state index is -0.444. The van der Waals surface area contributed by atoms with E-state index in [1.807, 2.05) is 25.3 Å². The third kappa shape index (κ3) is 4.68. The summed E-state index contributed by atoms with van der Waals surface area (Å²) in [5.74, 6) is -0.636. The molecule has 2 aromatic heterocycles. The Morgan fingerprint density at radius 3 is 3.00 bits per heavy atom. The van der Waals surface area contributed by atoms with Gasteiger partial charge in [-0.2, -0.15) is 0 Å². The molecule has 2 rings (SSSR count). The van der Waals surface area contributed by atoms with Gasteiger partial charge in [0.25, 0.3) is 5.91 Å². The van der Waals surface area contributed by atoms with Gasteiger partial charge in [-0.15, -0.1) is 11.3 Å². The molecule has 2 aromatic rings. The molecule has 0 radical (unpaired) electrons. The van der Waals surface area contributed by atoms with Gasteiger partial charge in [-0.05, 0) is 25.3 Å². The summed E-state index contributed by atoms with van der Waals surface area (Å²) in [7, 11) is 0. The van der Waals surface area contributed by atoms with Gasteiger partial charge in [0.15, 0.2) is 6.61 Å². The quantitative estimate of drug-likeness (QED) is 0.496. The molecule has 0 saturated carbocycles. The molecular formula is C13H15N3O3S2. The zero-order valence-corrected chi connectivity index (χ0v) is 13.3. The van der Waals surface area contributed by atoms with E-state index >= 15 is 0 Å². The molecule has 0 spiro atoms. The van der Waals surface area contributed by atoms with Crippen molar-refractivity contribution in [2.45, 2.75) is 24.9 Å². The first kappa shape index (κ1) is 15.7. The zero-order valence-electron chi connectivity index (χ0n) is 11.7. The second-order valence-electron chi connectivity index (χ2n) is 4.49. The number of esters is 1. The number of aromatic nitrogens is 2. The number of nitrogens with zero attached hydrogens (tertiary/aromatic N) is 2. The standard InChI is InChI=1S/C13H15N3O3S2/c1-8(2)16-10(17)5-19-11(18)6-21-13-9-3-4-20-12(9)14-7-15-13/h3-4,7-8H,5-6H2,1-2H3,(H,16,17). The maximum absolute atomic E-state index is 11.6. The van der Waals surface area contributed by atoms with E-state index in [2.05, 4.69) is 15.3 Å². The first-order valence-corrected chi connectivity index (χ1v) is 8.19. The number of carbonyl (C=O) groups excluding carboxylic acids is 2. The molecule has 1 amide bonds. The van der Waals surface area contributed by atoms with Crippen LogP contribution in [0.2, 0.25) is 0 Å². The Kier molecular flexibility index (Phi) is 5.51. The Hall–Kier alpha value is -1.67. The van der Waals surface area contributed by atoms with Crippen molar-refractivity contribution in [1.29, 1.82) is 0 Å². The molecule has 0 aromatic carbocycles. The molecule has 8 heteroatoms. The average molecular weight is 325 g/mol. The molecule has 0 aliphatic carbocycles. The van der Waals surface area contributed by atoms with E-state index in [0.717, 1.165) is 15.2 Å². The number of rotatable bonds is 6. The number of fused-ring (bicyclic) bond motifs is 1. The Bertz CT molecular complexity index is 642. The molecule has 21 heavy (non-hydrogen) atoms. The van der Waals surface area contributed by atoms with E-state index in [1.165, 1.54) is 29.4 Å². The second kappa shape index (κ2) is 7.37. The molecule has 0 bridgehead atoms. The maximum Gasteiger partial charge on any atom is 0.316 e. The van der Waals surface area contributed by atoms with Crippen LogP contribution in [0.4, 0.5) is 0 Å². The molecule has 0 atom stereocenters. The van der Waals surface area contributed by atoms with Crippen molar-refractivity contribution >= 4 is 45.2 Å². The van der Waals surface area contributed by atoms with E-state index in [0.29, 0.717) is 0 Å². The highest BCUT2D eigenvalue weighted by atomic mass is 32.2. The molecule has 0 saturated heterocycles. The third-order valence-corrected chi connectivity index (χ3v) is 4.17. The van der Waals surface area contributed by atoms with Gasteiger partial charge in [0.05, 0.1) is 5.75 Å². The fraction of sp³-hybridized carbons (Fsp3) is 0.385. The largest absolute Gasteiger partial charge is 0.455 e. The number of hydrogen-bond acceptors (Lipinski definition) is 7. The van der Waals surface area contributed by atoms with Crippen LogP contribution in [0.15, 0.2) is 22.8 Å². The van der Waals surface area contributed by atoms with E-state index in [-0.39, 0.29) is 24.3 Å². The van der Waals surface area contributed by atoms with Gasteiger partial charge in [-0.3, -0.25) is 9.59 Å². The van der Waals surface area contributed by atoms with Gasteiger partial charge in [0, 0.05) is 11.4 Å². The van der Waals surface area contributed by atoms with Crippen LogP contribution in [0.1, 0.15) is 13.8 Å². The van der Waals surface area contributed by atoms with Crippen molar-refractivity contribution in [2.75, 3.05) is 12.4 Å². The minimum absolute atomic E-state index is 0.0264. The summed E-state index contributed by atoms with van der Waals surface area (Å²) in [6.45, 7) is 3.43. The molecule has 0 aliphatic rings. The summed E-state index contributed by atoms with van der Waals surface area (Å²) in [6, 6.07) is 1.95. The predicted octanol–water partition coefficient (Wildman–Crippen LogP) is 1.85. The molecular weight excluding hydrogens is 310 g/mol. The van der Waals surface area contributed by atoms with Gasteiger partial charge in [-0.1, -0.05) is 11.8 Å². The summed E-state index contributed by atoms with van der Waals surface area (Å²) in [5, 5.41) is 6.25.